The van der Waals surface area contributed by atoms with Crippen molar-refractivity contribution >= 4 is 33.8 Å². The van der Waals surface area contributed by atoms with Gasteiger partial charge >= 0.3 is 5.97 Å². The van der Waals surface area contributed by atoms with Crippen molar-refractivity contribution in [3.05, 3.63) is 12.7 Å². The molecule has 8 heteroatoms. The summed E-state index contributed by atoms with van der Waals surface area (Å²) in [4.78, 5) is 10.8. The molecule has 0 saturated heterocycles. The number of ether oxygens (including phenoxy) is 1. The number of rotatable bonds is 11. The van der Waals surface area contributed by atoms with Crippen molar-refractivity contribution in [3.8, 4) is 0 Å². The molecule has 0 rings (SSSR count). The molecule has 0 aromatic heterocycles. The number of carbonyl (C=O) groups excluding carboxylic acids is 1. The van der Waals surface area contributed by atoms with E-state index in [9.17, 15) is 4.79 Å². The molecule has 0 aliphatic heterocycles. The van der Waals surface area contributed by atoms with Crippen LogP contribution >= 0.6 is 0 Å². The maximum Gasteiger partial charge on any atom is 0.330 e. The molecular weight excluding hydrogens is 296 g/mol. The van der Waals surface area contributed by atoms with Crippen LogP contribution in [0.25, 0.3) is 0 Å². The Morgan fingerprint density at radius 1 is 1.26 bits per heavy atom. The highest BCUT2D eigenvalue weighted by atomic mass is 28.3. The van der Waals surface area contributed by atoms with E-state index < -0.39 is 34.3 Å². The lowest BCUT2D eigenvalue weighted by molar-refractivity contribution is -0.146. The zero-order chi connectivity index (χ0) is 14.7. The molecule has 0 atom stereocenters. The van der Waals surface area contributed by atoms with Gasteiger partial charge in [0.25, 0.3) is 0 Å². The fraction of sp³-hybridized carbons (Fsp3) is 0.727. The average molecular weight is 323 g/mol. The average Bonchev–Trinajstić information content (AvgIpc) is 2.31. The van der Waals surface area contributed by atoms with E-state index in [1.165, 1.54) is 6.08 Å². The van der Waals surface area contributed by atoms with Gasteiger partial charge in [-0.3, -0.25) is 0 Å². The van der Waals surface area contributed by atoms with Gasteiger partial charge in [-0.25, -0.2) is 4.79 Å². The lowest BCUT2D eigenvalue weighted by Gasteiger charge is -2.23. The lowest BCUT2D eigenvalue weighted by Crippen LogP contribution is -2.31. The van der Waals surface area contributed by atoms with Crippen LogP contribution in [0.3, 0.4) is 0 Å². The zero-order valence-corrected chi connectivity index (χ0v) is 16.1. The van der Waals surface area contributed by atoms with Gasteiger partial charge in [0.2, 0.25) is 6.48 Å². The Hall–Kier alpha value is -0.259. The van der Waals surface area contributed by atoms with Crippen molar-refractivity contribution in [2.75, 3.05) is 6.61 Å². The summed E-state index contributed by atoms with van der Waals surface area (Å²) >= 11 is 0. The van der Waals surface area contributed by atoms with Gasteiger partial charge in [-0.1, -0.05) is 6.58 Å². The van der Waals surface area contributed by atoms with Crippen molar-refractivity contribution < 1.29 is 22.8 Å². The molecule has 112 valence electrons. The molecule has 0 aliphatic rings. The second-order valence-corrected chi connectivity index (χ2v) is 10.8. The molecule has 0 heterocycles. The summed E-state index contributed by atoms with van der Waals surface area (Å²) in [6, 6.07) is 0.937. The van der Waals surface area contributed by atoms with E-state index in [4.69, 9.17) is 18.0 Å². The van der Waals surface area contributed by atoms with Crippen molar-refractivity contribution in [2.45, 2.75) is 45.1 Å². The van der Waals surface area contributed by atoms with Crippen LogP contribution in [0.5, 0.6) is 0 Å². The highest BCUT2D eigenvalue weighted by molar-refractivity contribution is 6.49. The summed E-state index contributed by atoms with van der Waals surface area (Å²) in [5, 5.41) is 0. The summed E-state index contributed by atoms with van der Waals surface area (Å²) in [6.45, 7) is 11.7. The minimum Gasteiger partial charge on any atom is -0.463 e. The Morgan fingerprint density at radius 2 is 1.84 bits per heavy atom. The molecular formula is C11H26O5Si3. The van der Waals surface area contributed by atoms with Gasteiger partial charge in [0, 0.05) is 6.08 Å². The van der Waals surface area contributed by atoms with Crippen molar-refractivity contribution in [1.29, 1.82) is 0 Å². The van der Waals surface area contributed by atoms with E-state index in [0.717, 1.165) is 12.5 Å². The minimum absolute atomic E-state index is 0.372. The van der Waals surface area contributed by atoms with Crippen LogP contribution in [-0.4, -0.2) is 46.9 Å². The summed E-state index contributed by atoms with van der Waals surface area (Å²) in [5.41, 5.74) is 0. The minimum atomic E-state index is -1.16. The van der Waals surface area contributed by atoms with Crippen molar-refractivity contribution in [3.63, 3.8) is 0 Å². The van der Waals surface area contributed by atoms with Gasteiger partial charge in [-0.2, -0.15) is 0 Å². The summed E-state index contributed by atoms with van der Waals surface area (Å²) < 4.78 is 22.0. The van der Waals surface area contributed by atoms with E-state index in [1.807, 2.05) is 0 Å². The predicted molar refractivity (Wildman–Crippen MR) is 83.9 cm³/mol. The Bertz CT molecular complexity index is 251. The van der Waals surface area contributed by atoms with Crippen LogP contribution in [0.15, 0.2) is 12.7 Å². The molecule has 19 heavy (non-hydrogen) atoms. The van der Waals surface area contributed by atoms with Gasteiger partial charge in [-0.15, -0.1) is 0 Å². The van der Waals surface area contributed by atoms with Crippen LogP contribution in [-0.2, 0) is 22.8 Å². The highest BCUT2D eigenvalue weighted by Crippen LogP contribution is 2.04. The molecule has 0 radical (unpaired) electrons. The van der Waals surface area contributed by atoms with Gasteiger partial charge in [0.1, 0.15) is 0 Å². The van der Waals surface area contributed by atoms with E-state index in [1.54, 1.807) is 0 Å². The molecule has 0 unspecified atom stereocenters. The molecule has 0 bridgehead atoms. The van der Waals surface area contributed by atoms with Gasteiger partial charge < -0.3 is 18.0 Å². The van der Waals surface area contributed by atoms with E-state index in [0.29, 0.717) is 6.61 Å². The Balaban J connectivity index is 3.68. The molecule has 0 aromatic carbocycles. The third-order valence-electron chi connectivity index (χ3n) is 1.97. The molecule has 0 fully saturated rings. The van der Waals surface area contributed by atoms with E-state index in [2.05, 4.69) is 32.8 Å². The lowest BCUT2D eigenvalue weighted by atomic mass is 10.5. The first kappa shape index (κ1) is 18.7. The smallest absolute Gasteiger partial charge is 0.330 e. The van der Waals surface area contributed by atoms with Gasteiger partial charge in [0.15, 0.2) is 27.8 Å². The largest absolute Gasteiger partial charge is 0.463 e. The van der Waals surface area contributed by atoms with Crippen LogP contribution < -0.4 is 0 Å². The van der Waals surface area contributed by atoms with Crippen LogP contribution in [0.4, 0.5) is 0 Å². The first-order valence-corrected chi connectivity index (χ1v) is 13.8. The fourth-order valence-electron chi connectivity index (χ4n) is 1.17. The Kier molecular flexibility index (Phi) is 11.4. The van der Waals surface area contributed by atoms with E-state index in [-0.39, 0.29) is 5.97 Å². The predicted octanol–water partition coefficient (Wildman–Crippen LogP) is 0.908. The molecule has 0 N–H and O–H groups in total. The summed E-state index contributed by atoms with van der Waals surface area (Å²) in [7, 11) is -3.01. The van der Waals surface area contributed by atoms with Crippen molar-refractivity contribution in [2.24, 2.45) is 0 Å². The molecule has 0 aliphatic carbocycles. The normalized spacial score (nSPS) is 11.9. The summed E-state index contributed by atoms with van der Waals surface area (Å²) in [6.07, 6.45) is 1.99. The molecule has 0 spiro atoms. The quantitative estimate of drug-likeness (QED) is 0.186. The first-order valence-electron chi connectivity index (χ1n) is 6.67. The Labute approximate surface area is 121 Å². The third kappa shape index (κ3) is 12.5. The number of carbonyl (C=O) groups is 1. The fourth-order valence-corrected chi connectivity index (χ4v) is 3.71. The standard InChI is InChI=1S/C11H26O5Si3/c1-6-10(12)13-8-7-9-17-14-11(15-18(2)3)16-19(4)5/h6,11,18-19H,1,7-9,17H2,2-5H3. The zero-order valence-electron chi connectivity index (χ0n) is 12.4. The number of esters is 1. The second kappa shape index (κ2) is 11.6. The SMILES string of the molecule is C=CC(=O)OCCC[SiH2]OC(O[SiH](C)C)O[SiH](C)C. The van der Waals surface area contributed by atoms with Gasteiger partial charge in [-0.05, 0) is 38.7 Å². The monoisotopic (exact) mass is 322 g/mol. The molecule has 0 saturated carbocycles. The van der Waals surface area contributed by atoms with Crippen molar-refractivity contribution in [1.82, 2.24) is 0 Å². The van der Waals surface area contributed by atoms with Crippen LogP contribution in [0.1, 0.15) is 6.42 Å². The molecule has 0 amide bonds. The molecule has 5 nitrogen and oxygen atoms in total. The van der Waals surface area contributed by atoms with Crippen LogP contribution in [0, 0.1) is 0 Å². The van der Waals surface area contributed by atoms with Crippen LogP contribution in [0.2, 0.25) is 32.2 Å². The second-order valence-electron chi connectivity index (χ2n) is 4.61. The topological polar surface area (TPSA) is 54.0 Å². The maximum absolute atomic E-state index is 10.8. The maximum atomic E-state index is 10.8. The number of hydrogen-bond donors (Lipinski definition) is 0. The summed E-state index contributed by atoms with van der Waals surface area (Å²) in [5.74, 6) is -0.372. The van der Waals surface area contributed by atoms with Gasteiger partial charge in [0.05, 0.1) is 6.61 Å². The highest BCUT2D eigenvalue weighted by Gasteiger charge is 2.14. The Morgan fingerprint density at radius 3 is 2.32 bits per heavy atom. The molecule has 0 aromatic rings. The first-order chi connectivity index (χ1) is 8.95. The van der Waals surface area contributed by atoms with E-state index >= 15 is 0 Å². The third-order valence-corrected chi connectivity index (χ3v) is 4.80. The number of hydrogen-bond acceptors (Lipinski definition) is 5.